The summed E-state index contributed by atoms with van der Waals surface area (Å²) in [5, 5.41) is 12.6. The number of fused-ring (bicyclic) bond motifs is 2. The van der Waals surface area contributed by atoms with Gasteiger partial charge in [0.2, 0.25) is 0 Å². The van der Waals surface area contributed by atoms with Crippen molar-refractivity contribution in [3.63, 3.8) is 0 Å². The molecule has 3 aromatic rings. The Balaban J connectivity index is 1.51. The molecule has 5 rings (SSSR count). The molecular weight excluding hydrogens is 342 g/mol. The van der Waals surface area contributed by atoms with Crippen LogP contribution in [0.3, 0.4) is 0 Å². The van der Waals surface area contributed by atoms with Gasteiger partial charge in [0, 0.05) is 34.4 Å². The van der Waals surface area contributed by atoms with Crippen molar-refractivity contribution < 1.29 is 9.59 Å². The van der Waals surface area contributed by atoms with Crippen LogP contribution in [0.15, 0.2) is 42.9 Å². The largest absolute Gasteiger partial charge is 0.345 e. The molecule has 0 saturated carbocycles. The lowest BCUT2D eigenvalue weighted by molar-refractivity contribution is 0.0815. The predicted molar refractivity (Wildman–Crippen MR) is 99.7 cm³/mol. The van der Waals surface area contributed by atoms with E-state index in [2.05, 4.69) is 20.7 Å². The van der Waals surface area contributed by atoms with E-state index in [0.717, 1.165) is 42.3 Å². The van der Waals surface area contributed by atoms with Crippen LogP contribution >= 0.6 is 0 Å². The Morgan fingerprint density at radius 3 is 2.81 bits per heavy atom. The molecule has 1 aromatic carbocycles. The van der Waals surface area contributed by atoms with Gasteiger partial charge in [-0.3, -0.25) is 14.6 Å². The van der Waals surface area contributed by atoms with E-state index in [-0.39, 0.29) is 17.4 Å². The highest BCUT2D eigenvalue weighted by Gasteiger charge is 2.41. The highest BCUT2D eigenvalue weighted by Crippen LogP contribution is 2.30. The second kappa shape index (κ2) is 5.99. The third kappa shape index (κ3) is 2.62. The van der Waals surface area contributed by atoms with Crippen molar-refractivity contribution in [2.24, 2.45) is 0 Å². The maximum atomic E-state index is 13.0. The van der Waals surface area contributed by atoms with Gasteiger partial charge in [-0.15, -0.1) is 0 Å². The van der Waals surface area contributed by atoms with Crippen molar-refractivity contribution in [3.05, 3.63) is 59.7 Å². The average molecular weight is 361 g/mol. The van der Waals surface area contributed by atoms with Crippen LogP contribution in [0.4, 0.5) is 0 Å². The number of benzene rings is 1. The topological polar surface area (TPSA) is 88.9 Å². The molecule has 2 N–H and O–H groups in total. The van der Waals surface area contributed by atoms with Gasteiger partial charge in [0.1, 0.15) is 5.69 Å². The molecule has 1 amide bonds. The second-order valence-electron chi connectivity index (χ2n) is 7.33. The summed E-state index contributed by atoms with van der Waals surface area (Å²) in [6, 6.07) is 7.32. The second-order valence-corrected chi connectivity index (χ2v) is 7.33. The van der Waals surface area contributed by atoms with Crippen molar-refractivity contribution in [2.45, 2.75) is 24.8 Å². The highest BCUT2D eigenvalue weighted by molar-refractivity contribution is 6.05. The molecular formula is C20H19N5O2. The number of carbonyl (C=O) groups is 2. The SMILES string of the molecule is O=C1NC2(CCNCC2)Cc2cnn(C(=O)c3ccc4ccncc4c3)c21. The van der Waals surface area contributed by atoms with Gasteiger partial charge in [-0.2, -0.15) is 9.78 Å². The van der Waals surface area contributed by atoms with Crippen LogP contribution in [0, 0.1) is 0 Å². The maximum Gasteiger partial charge on any atom is 0.278 e. The third-order valence-corrected chi connectivity index (χ3v) is 5.61. The number of aromatic nitrogens is 3. The molecule has 2 aliphatic rings. The van der Waals surface area contributed by atoms with E-state index in [0.29, 0.717) is 17.7 Å². The summed E-state index contributed by atoms with van der Waals surface area (Å²) in [5.41, 5.74) is 1.46. The summed E-state index contributed by atoms with van der Waals surface area (Å²) in [7, 11) is 0. The number of nitrogens with one attached hydrogen (secondary N) is 2. The standard InChI is InChI=1S/C20H19N5O2/c26-18-17-16(10-20(24-18)4-7-21-8-5-20)12-23-25(17)19(27)14-2-1-13-3-6-22-11-15(13)9-14/h1-3,6,9,11-12,21H,4-5,7-8,10H2,(H,24,26). The number of nitrogens with zero attached hydrogens (tertiary/aromatic N) is 3. The van der Waals surface area contributed by atoms with Crippen LogP contribution in [-0.2, 0) is 6.42 Å². The van der Waals surface area contributed by atoms with Crippen molar-refractivity contribution in [3.8, 4) is 0 Å². The fraction of sp³-hybridized carbons (Fsp3) is 0.300. The molecule has 2 aromatic heterocycles. The Labute approximate surface area is 155 Å². The summed E-state index contributed by atoms with van der Waals surface area (Å²) in [6.07, 6.45) is 7.58. The van der Waals surface area contributed by atoms with Crippen molar-refractivity contribution in [1.29, 1.82) is 0 Å². The zero-order chi connectivity index (χ0) is 18.4. The first kappa shape index (κ1) is 16.1. The van der Waals surface area contributed by atoms with Gasteiger partial charge in [0.05, 0.1) is 6.20 Å². The molecule has 1 fully saturated rings. The highest BCUT2D eigenvalue weighted by atomic mass is 16.2. The minimum Gasteiger partial charge on any atom is -0.345 e. The van der Waals surface area contributed by atoms with E-state index in [4.69, 9.17) is 0 Å². The summed E-state index contributed by atoms with van der Waals surface area (Å²) in [5.74, 6) is -0.523. The first-order chi connectivity index (χ1) is 13.2. The monoisotopic (exact) mass is 361 g/mol. The van der Waals surface area contributed by atoms with Gasteiger partial charge in [0.15, 0.2) is 0 Å². The third-order valence-electron chi connectivity index (χ3n) is 5.61. The number of hydrogen-bond donors (Lipinski definition) is 2. The number of amides is 1. The predicted octanol–water partition coefficient (Wildman–Crippen LogP) is 1.53. The van der Waals surface area contributed by atoms with Crippen molar-refractivity contribution in [2.75, 3.05) is 13.1 Å². The first-order valence-corrected chi connectivity index (χ1v) is 9.14. The molecule has 7 heteroatoms. The van der Waals surface area contributed by atoms with Crippen LogP contribution in [-0.4, -0.2) is 45.2 Å². The van der Waals surface area contributed by atoms with Gasteiger partial charge in [-0.05, 0) is 55.9 Å². The summed E-state index contributed by atoms with van der Waals surface area (Å²) >= 11 is 0. The Morgan fingerprint density at radius 1 is 1.11 bits per heavy atom. The zero-order valence-corrected chi connectivity index (χ0v) is 14.7. The molecule has 1 spiro atoms. The Kier molecular flexibility index (Phi) is 3.58. The van der Waals surface area contributed by atoms with Gasteiger partial charge >= 0.3 is 0 Å². The summed E-state index contributed by atoms with van der Waals surface area (Å²) in [6.45, 7) is 1.77. The number of pyridine rings is 1. The molecule has 7 nitrogen and oxygen atoms in total. The van der Waals surface area contributed by atoms with Crippen LogP contribution < -0.4 is 10.6 Å². The normalized spacial score (nSPS) is 18.3. The van der Waals surface area contributed by atoms with Gasteiger partial charge in [-0.1, -0.05) is 6.07 Å². The lowest BCUT2D eigenvalue weighted by Crippen LogP contribution is -2.58. The zero-order valence-electron chi connectivity index (χ0n) is 14.7. The molecule has 0 atom stereocenters. The molecule has 4 heterocycles. The minimum absolute atomic E-state index is 0.216. The average Bonchev–Trinajstić information content (AvgIpc) is 3.11. The lowest BCUT2D eigenvalue weighted by Gasteiger charge is -2.41. The number of rotatable bonds is 1. The molecule has 0 unspecified atom stereocenters. The van der Waals surface area contributed by atoms with Gasteiger partial charge in [0.25, 0.3) is 11.8 Å². The maximum absolute atomic E-state index is 13.0. The fourth-order valence-corrected chi connectivity index (χ4v) is 4.16. The van der Waals surface area contributed by atoms with E-state index >= 15 is 0 Å². The van der Waals surface area contributed by atoms with Crippen molar-refractivity contribution >= 4 is 22.6 Å². The van der Waals surface area contributed by atoms with E-state index in [1.165, 1.54) is 4.68 Å². The quantitative estimate of drug-likeness (QED) is 0.686. The van der Waals surface area contributed by atoms with E-state index in [9.17, 15) is 9.59 Å². The van der Waals surface area contributed by atoms with Gasteiger partial charge in [-0.25, -0.2) is 0 Å². The molecule has 27 heavy (non-hydrogen) atoms. The van der Waals surface area contributed by atoms with Crippen molar-refractivity contribution in [1.82, 2.24) is 25.4 Å². The molecule has 2 aliphatic heterocycles. The molecule has 0 bridgehead atoms. The minimum atomic E-state index is -0.307. The Morgan fingerprint density at radius 2 is 1.96 bits per heavy atom. The Hall–Kier alpha value is -3.06. The summed E-state index contributed by atoms with van der Waals surface area (Å²) in [4.78, 5) is 30.0. The number of hydrogen-bond acceptors (Lipinski definition) is 5. The summed E-state index contributed by atoms with van der Waals surface area (Å²) < 4.78 is 1.23. The molecule has 0 aliphatic carbocycles. The number of piperidine rings is 1. The van der Waals surface area contributed by atoms with Gasteiger partial charge < -0.3 is 10.6 Å². The van der Waals surface area contributed by atoms with Crippen LogP contribution in [0.1, 0.15) is 39.3 Å². The van der Waals surface area contributed by atoms with E-state index in [1.54, 1.807) is 30.7 Å². The number of carbonyl (C=O) groups excluding carboxylic acids is 2. The molecule has 136 valence electrons. The van der Waals surface area contributed by atoms with E-state index < -0.39 is 0 Å². The van der Waals surface area contributed by atoms with Crippen LogP contribution in [0.5, 0.6) is 0 Å². The molecule has 1 saturated heterocycles. The van der Waals surface area contributed by atoms with E-state index in [1.807, 2.05) is 12.1 Å². The van der Waals surface area contributed by atoms with Crippen LogP contribution in [0.25, 0.3) is 10.8 Å². The lowest BCUT2D eigenvalue weighted by atomic mass is 9.80. The smallest absolute Gasteiger partial charge is 0.278 e. The fourth-order valence-electron chi connectivity index (χ4n) is 4.16. The Bertz CT molecular complexity index is 1070. The van der Waals surface area contributed by atoms with Crippen LogP contribution in [0.2, 0.25) is 0 Å². The first-order valence-electron chi connectivity index (χ1n) is 9.14. The molecule has 0 radical (unpaired) electrons.